The summed E-state index contributed by atoms with van der Waals surface area (Å²) in [5, 5.41) is 11.6. The molecule has 3 aromatic rings. The number of terminal acetylenes is 1. The van der Waals surface area contributed by atoms with Crippen LogP contribution in [-0.2, 0) is 18.4 Å². The van der Waals surface area contributed by atoms with Crippen LogP contribution in [0.5, 0.6) is 0 Å². The first-order chi connectivity index (χ1) is 21.0. The molecule has 0 aliphatic carbocycles. The molecule has 3 N–H and O–H groups in total. The molecule has 1 saturated heterocycles. The van der Waals surface area contributed by atoms with E-state index in [0.717, 1.165) is 36.5 Å². The summed E-state index contributed by atoms with van der Waals surface area (Å²) < 4.78 is 27.7. The second-order valence-electron chi connectivity index (χ2n) is 11.7. The molecule has 1 fully saturated rings. The van der Waals surface area contributed by atoms with Crippen molar-refractivity contribution < 1.29 is 23.5 Å². The van der Waals surface area contributed by atoms with Crippen molar-refractivity contribution in [1.29, 1.82) is 0 Å². The van der Waals surface area contributed by atoms with Crippen LogP contribution in [0, 0.1) is 24.0 Å². The van der Waals surface area contributed by atoms with Gasteiger partial charge in [-0.1, -0.05) is 51.0 Å². The highest BCUT2D eigenvalue weighted by Crippen LogP contribution is 2.53. The Morgan fingerprint density at radius 1 is 1.00 bits per heavy atom. The van der Waals surface area contributed by atoms with Gasteiger partial charge < -0.3 is 20.6 Å². The molecule has 44 heavy (non-hydrogen) atoms. The fourth-order valence-corrected chi connectivity index (χ4v) is 6.14. The van der Waals surface area contributed by atoms with Crippen LogP contribution in [0.25, 0.3) is 0 Å². The van der Waals surface area contributed by atoms with Crippen LogP contribution in [0.1, 0.15) is 83.5 Å². The molecule has 232 valence electrons. The number of benzene rings is 3. The van der Waals surface area contributed by atoms with Gasteiger partial charge in [0.15, 0.2) is 0 Å². The van der Waals surface area contributed by atoms with Crippen LogP contribution >= 0.6 is 0 Å². The average Bonchev–Trinajstić information content (AvgIpc) is 3.65. The average molecular weight is 602 g/mol. The van der Waals surface area contributed by atoms with Gasteiger partial charge in [0.25, 0.3) is 11.8 Å². The van der Waals surface area contributed by atoms with Crippen molar-refractivity contribution in [2.45, 2.75) is 77.1 Å². The second-order valence-corrected chi connectivity index (χ2v) is 11.7. The second kappa shape index (κ2) is 13.7. The summed E-state index contributed by atoms with van der Waals surface area (Å²) in [5.41, 5.74) is 8.62. The van der Waals surface area contributed by atoms with Crippen molar-refractivity contribution in [3.63, 3.8) is 0 Å². The van der Waals surface area contributed by atoms with E-state index < -0.39 is 41.3 Å². The number of aliphatic hydroxyl groups excluding tert-OH is 1. The van der Waals surface area contributed by atoms with Gasteiger partial charge in [-0.25, -0.2) is 8.78 Å². The van der Waals surface area contributed by atoms with Crippen molar-refractivity contribution in [2.75, 3.05) is 13.1 Å². The molecule has 3 aromatic carbocycles. The fourth-order valence-electron chi connectivity index (χ4n) is 6.14. The molecule has 1 aliphatic rings. The number of hydrogen-bond acceptors (Lipinski definition) is 4. The van der Waals surface area contributed by atoms with Crippen LogP contribution in [0.4, 0.5) is 8.78 Å². The van der Waals surface area contributed by atoms with E-state index in [1.54, 1.807) is 28.0 Å². The van der Waals surface area contributed by atoms with E-state index in [9.17, 15) is 23.5 Å². The summed E-state index contributed by atoms with van der Waals surface area (Å²) in [6.07, 6.45) is 6.86. The highest BCUT2D eigenvalue weighted by molar-refractivity contribution is 6.02. The van der Waals surface area contributed by atoms with Crippen LogP contribution < -0.4 is 5.73 Å². The largest absolute Gasteiger partial charge is 0.389 e. The van der Waals surface area contributed by atoms with Crippen molar-refractivity contribution >= 4 is 11.8 Å². The number of aryl methyl sites for hydroxylation is 1. The maximum absolute atomic E-state index is 14.3. The van der Waals surface area contributed by atoms with E-state index in [1.165, 1.54) is 12.1 Å². The lowest BCUT2D eigenvalue weighted by atomic mass is 9.89. The molecule has 4 rings (SSSR count). The van der Waals surface area contributed by atoms with Crippen LogP contribution in [-0.4, -0.2) is 58.0 Å². The minimum absolute atomic E-state index is 0.00459. The Labute approximate surface area is 258 Å². The third kappa shape index (κ3) is 6.69. The molecule has 0 radical (unpaired) electrons. The van der Waals surface area contributed by atoms with E-state index in [0.29, 0.717) is 29.8 Å². The number of rotatable bonds is 12. The molecular formula is C36H41F2N3O3. The number of aliphatic hydroxyl groups is 1. The topological polar surface area (TPSA) is 86.6 Å². The molecule has 4 atom stereocenters. The molecule has 6 nitrogen and oxygen atoms in total. The van der Waals surface area contributed by atoms with Crippen molar-refractivity contribution in [1.82, 2.24) is 9.80 Å². The van der Waals surface area contributed by atoms with Crippen molar-refractivity contribution in [2.24, 2.45) is 5.73 Å². The lowest BCUT2D eigenvalue weighted by Gasteiger charge is -2.22. The number of carbonyl (C=O) groups is 2. The van der Waals surface area contributed by atoms with Gasteiger partial charge in [-0.15, -0.1) is 6.42 Å². The first-order valence-corrected chi connectivity index (χ1v) is 15.2. The molecule has 0 bridgehead atoms. The first kappa shape index (κ1) is 32.8. The molecule has 2 amide bonds. The molecule has 0 saturated carbocycles. The molecule has 3 unspecified atom stereocenters. The van der Waals surface area contributed by atoms with E-state index in [1.807, 2.05) is 52.0 Å². The Morgan fingerprint density at radius 2 is 1.64 bits per heavy atom. The standard InChI is InChI=1S/C36H41F2N3O3/c1-6-13-40(14-7-2)34(43)26-15-24(9-4)16-27(21-26)35(44)41-33(36(41,5)28-12-10-11-23(8-3)17-28)32(42)31(39)20-25-18-29(37)22-30(38)19-25/h4,10-12,15-19,21-22,31-33,42H,6-8,13-14,20,39H2,1-3,5H3/t31?,32-,33?,36?,41?/m0/s1. The van der Waals surface area contributed by atoms with Gasteiger partial charge in [-0.05, 0) is 79.6 Å². The normalized spacial score (nSPS) is 18.8. The maximum atomic E-state index is 14.3. The summed E-state index contributed by atoms with van der Waals surface area (Å²) >= 11 is 0. The zero-order chi connectivity index (χ0) is 32.2. The lowest BCUT2D eigenvalue weighted by Crippen LogP contribution is -2.42. The number of carbonyl (C=O) groups excluding carboxylic acids is 2. The van der Waals surface area contributed by atoms with Crippen LogP contribution in [0.2, 0.25) is 0 Å². The Kier molecular flexibility index (Phi) is 10.2. The zero-order valence-electron chi connectivity index (χ0n) is 25.8. The van der Waals surface area contributed by atoms with Gasteiger partial charge >= 0.3 is 0 Å². The monoisotopic (exact) mass is 601 g/mol. The molecule has 0 aromatic heterocycles. The molecule has 8 heteroatoms. The van der Waals surface area contributed by atoms with Crippen LogP contribution in [0.15, 0.2) is 60.7 Å². The molecule has 1 heterocycles. The van der Waals surface area contributed by atoms with E-state index >= 15 is 0 Å². The third-order valence-electron chi connectivity index (χ3n) is 8.45. The van der Waals surface area contributed by atoms with Gasteiger partial charge in [0.1, 0.15) is 11.6 Å². The summed E-state index contributed by atoms with van der Waals surface area (Å²) in [6.45, 7) is 9.05. The number of amides is 2. The van der Waals surface area contributed by atoms with Crippen LogP contribution in [0.3, 0.4) is 0 Å². The molecular weight excluding hydrogens is 560 g/mol. The Hall–Kier alpha value is -4.06. The summed E-state index contributed by atoms with van der Waals surface area (Å²) in [5.74, 6) is 0.479. The van der Waals surface area contributed by atoms with Gasteiger partial charge in [0, 0.05) is 41.9 Å². The summed E-state index contributed by atoms with van der Waals surface area (Å²) in [4.78, 5) is 31.1. The highest BCUT2D eigenvalue weighted by atomic mass is 19.1. The van der Waals surface area contributed by atoms with Crippen molar-refractivity contribution in [3.8, 4) is 12.3 Å². The third-order valence-corrected chi connectivity index (χ3v) is 8.45. The minimum atomic E-state index is -1.23. The number of nitrogens with zero attached hydrogens (tertiary/aromatic N) is 2. The predicted octanol–water partition coefficient (Wildman–Crippen LogP) is 5.44. The predicted molar refractivity (Wildman–Crippen MR) is 168 cm³/mol. The Bertz CT molecular complexity index is 1540. The summed E-state index contributed by atoms with van der Waals surface area (Å²) in [6, 6.07) is 14.0. The number of nitrogens with two attached hydrogens (primary N) is 1. The van der Waals surface area contributed by atoms with Crippen molar-refractivity contribution in [3.05, 3.63) is 106 Å². The van der Waals surface area contributed by atoms with Gasteiger partial charge in [0.2, 0.25) is 0 Å². The maximum Gasteiger partial charge on any atom is 0.255 e. The van der Waals surface area contributed by atoms with E-state index in [-0.39, 0.29) is 17.9 Å². The quantitative estimate of drug-likeness (QED) is 0.214. The first-order valence-electron chi connectivity index (χ1n) is 15.2. The zero-order valence-corrected chi connectivity index (χ0v) is 25.8. The fraction of sp³-hybridized carbons (Fsp3) is 0.389. The molecule has 0 spiro atoms. The van der Waals surface area contributed by atoms with E-state index in [4.69, 9.17) is 12.2 Å². The number of halogens is 2. The highest BCUT2D eigenvalue weighted by Gasteiger charge is 2.66. The van der Waals surface area contributed by atoms with Gasteiger partial charge in [0.05, 0.1) is 17.7 Å². The summed E-state index contributed by atoms with van der Waals surface area (Å²) in [7, 11) is 0. The lowest BCUT2D eigenvalue weighted by molar-refractivity contribution is 0.0755. The SMILES string of the molecule is C#Cc1cc(C(=O)N(CCC)CCC)cc(C(=O)N2C([C@@H](O)C(N)Cc3cc(F)cc(F)c3)C2(C)c2cccc(CC)c2)c1. The van der Waals surface area contributed by atoms with Gasteiger partial charge in [-0.3, -0.25) is 9.59 Å². The van der Waals surface area contributed by atoms with Gasteiger partial charge in [-0.2, -0.15) is 0 Å². The van der Waals surface area contributed by atoms with E-state index in [2.05, 4.69) is 5.92 Å². The Balaban J connectivity index is 1.73. The molecule has 1 aliphatic heterocycles. The Morgan fingerprint density at radius 3 is 2.23 bits per heavy atom. The minimum Gasteiger partial charge on any atom is -0.389 e. The smallest absolute Gasteiger partial charge is 0.255 e. The number of hydrogen-bond donors (Lipinski definition) is 2.